The highest BCUT2D eigenvalue weighted by Crippen LogP contribution is 2.21. The van der Waals surface area contributed by atoms with Gasteiger partial charge in [0, 0.05) is 26.3 Å². The van der Waals surface area contributed by atoms with Crippen molar-refractivity contribution in [2.75, 3.05) is 19.0 Å². The van der Waals surface area contributed by atoms with Crippen molar-refractivity contribution in [3.05, 3.63) is 58.8 Å². The summed E-state index contributed by atoms with van der Waals surface area (Å²) in [7, 11) is 3.53. The van der Waals surface area contributed by atoms with E-state index >= 15 is 0 Å². The van der Waals surface area contributed by atoms with Crippen LogP contribution in [-0.4, -0.2) is 36.2 Å². The summed E-state index contributed by atoms with van der Waals surface area (Å²) >= 11 is 0. The number of aryl methyl sites for hydroxylation is 2. The maximum atomic E-state index is 12.9. The number of benzene rings is 1. The third kappa shape index (κ3) is 7.39. The van der Waals surface area contributed by atoms with Gasteiger partial charge in [-0.15, -0.1) is 34.0 Å². The molecule has 162 valence electrons. The van der Waals surface area contributed by atoms with Gasteiger partial charge in [-0.3, -0.25) is 10.2 Å². The number of nitrogens with one attached hydrogen (secondary N) is 1. The molecule has 0 bridgehead atoms. The largest absolute Gasteiger partial charge is 0.330 e. The minimum absolute atomic E-state index is 0. The van der Waals surface area contributed by atoms with E-state index in [-0.39, 0.29) is 46.2 Å². The maximum absolute atomic E-state index is 12.9. The van der Waals surface area contributed by atoms with Crippen LogP contribution in [0.2, 0.25) is 0 Å². The van der Waals surface area contributed by atoms with E-state index < -0.39 is 0 Å². The number of anilines is 1. The summed E-state index contributed by atoms with van der Waals surface area (Å²) in [6, 6.07) is 12.3. The van der Waals surface area contributed by atoms with E-state index in [0.717, 1.165) is 11.3 Å². The molecule has 1 heterocycles. The number of hydrogen-bond donors (Lipinski definition) is 1. The number of urea groups is 1. The molecule has 29 heavy (non-hydrogen) atoms. The molecule has 1 aromatic carbocycles. The Morgan fingerprint density at radius 3 is 2.24 bits per heavy atom. The van der Waals surface area contributed by atoms with Gasteiger partial charge in [-0.05, 0) is 55.5 Å². The van der Waals surface area contributed by atoms with Crippen molar-refractivity contribution in [1.29, 1.82) is 0 Å². The van der Waals surface area contributed by atoms with Crippen LogP contribution in [0.1, 0.15) is 49.1 Å². The fourth-order valence-electron chi connectivity index (χ4n) is 3.23. The lowest BCUT2D eigenvalue weighted by molar-refractivity contribution is 0.220. The summed E-state index contributed by atoms with van der Waals surface area (Å²) in [6.45, 7) is 11.1. The van der Waals surface area contributed by atoms with Gasteiger partial charge in [-0.25, -0.2) is 9.78 Å². The molecule has 1 unspecified atom stereocenters. The number of rotatable bonds is 6. The fourth-order valence-corrected chi connectivity index (χ4v) is 3.23. The van der Waals surface area contributed by atoms with E-state index in [1.54, 1.807) is 23.9 Å². The molecule has 0 aliphatic rings. The molecule has 0 saturated heterocycles. The van der Waals surface area contributed by atoms with Gasteiger partial charge in [0.05, 0.1) is 6.17 Å². The van der Waals surface area contributed by atoms with Crippen molar-refractivity contribution in [2.24, 2.45) is 0 Å². The Balaban J connectivity index is 0.00000392. The zero-order chi connectivity index (χ0) is 20.1. The Hall–Kier alpha value is -1.44. The topological polar surface area (TPSA) is 48.5 Å². The normalized spacial score (nSPS) is 11.3. The molecule has 2 amide bonds. The van der Waals surface area contributed by atoms with E-state index in [1.165, 1.54) is 11.1 Å². The van der Waals surface area contributed by atoms with E-state index in [9.17, 15) is 4.79 Å². The standard InChI is InChI=1S/C22H32N4O.2BrH/c1-15(2)20-11-9-8-10-19(20)14-23-18(5)26(22(27)25(6)7)21-13-16(3)12-17(4)24-21;;/h8-13,15,18,23H,14H2,1-7H3;2*1H. The summed E-state index contributed by atoms with van der Waals surface area (Å²) in [5.74, 6) is 1.13. The molecule has 1 aromatic heterocycles. The predicted molar refractivity (Wildman–Crippen MR) is 133 cm³/mol. The molecule has 0 radical (unpaired) electrons. The minimum atomic E-state index is -0.200. The number of halogens is 2. The second kappa shape index (κ2) is 12.3. The molecule has 1 N–H and O–H groups in total. The Morgan fingerprint density at radius 2 is 1.69 bits per heavy atom. The maximum Gasteiger partial charge on any atom is 0.326 e. The highest BCUT2D eigenvalue weighted by molar-refractivity contribution is 8.93. The summed E-state index contributed by atoms with van der Waals surface area (Å²) < 4.78 is 0. The second-order valence-corrected chi connectivity index (χ2v) is 7.60. The van der Waals surface area contributed by atoms with Crippen LogP contribution >= 0.6 is 34.0 Å². The van der Waals surface area contributed by atoms with E-state index in [1.807, 2.05) is 32.9 Å². The van der Waals surface area contributed by atoms with Crippen molar-refractivity contribution in [2.45, 2.75) is 53.2 Å². The lowest BCUT2D eigenvalue weighted by Gasteiger charge is -2.32. The van der Waals surface area contributed by atoms with Gasteiger partial charge in [0.1, 0.15) is 5.82 Å². The van der Waals surface area contributed by atoms with E-state index in [2.05, 4.69) is 48.4 Å². The first-order valence-corrected chi connectivity index (χ1v) is 9.47. The van der Waals surface area contributed by atoms with Crippen LogP contribution in [0, 0.1) is 13.8 Å². The quantitative estimate of drug-likeness (QED) is 0.495. The molecule has 1 atom stereocenters. The fraction of sp³-hybridized carbons (Fsp3) is 0.455. The predicted octanol–water partition coefficient (Wildman–Crippen LogP) is 5.60. The van der Waals surface area contributed by atoms with Crippen LogP contribution in [0.15, 0.2) is 36.4 Å². The van der Waals surface area contributed by atoms with Crippen molar-refractivity contribution in [3.8, 4) is 0 Å². The Bertz CT molecular complexity index is 776. The van der Waals surface area contributed by atoms with Crippen LogP contribution in [-0.2, 0) is 6.54 Å². The van der Waals surface area contributed by atoms with Crippen molar-refractivity contribution in [3.63, 3.8) is 0 Å². The Morgan fingerprint density at radius 1 is 1.07 bits per heavy atom. The molecule has 0 aliphatic carbocycles. The zero-order valence-corrected chi connectivity index (χ0v) is 21.8. The van der Waals surface area contributed by atoms with Crippen LogP contribution in [0.4, 0.5) is 10.6 Å². The third-order valence-electron chi connectivity index (χ3n) is 4.57. The molecular formula is C22H34Br2N4O. The number of aromatic nitrogens is 1. The van der Waals surface area contributed by atoms with Gasteiger partial charge in [0.15, 0.2) is 0 Å². The van der Waals surface area contributed by atoms with Crippen LogP contribution in [0.5, 0.6) is 0 Å². The summed E-state index contributed by atoms with van der Waals surface area (Å²) in [4.78, 5) is 20.8. The van der Waals surface area contributed by atoms with Gasteiger partial charge in [0.25, 0.3) is 0 Å². The number of carbonyl (C=O) groups excluding carboxylic acids is 1. The monoisotopic (exact) mass is 528 g/mol. The lowest BCUT2D eigenvalue weighted by Crippen LogP contribution is -2.51. The number of carbonyl (C=O) groups is 1. The smallest absolute Gasteiger partial charge is 0.326 e. The first-order valence-electron chi connectivity index (χ1n) is 9.47. The molecule has 5 nitrogen and oxygen atoms in total. The molecule has 7 heteroatoms. The average molecular weight is 530 g/mol. The average Bonchev–Trinajstić information content (AvgIpc) is 2.59. The van der Waals surface area contributed by atoms with E-state index in [4.69, 9.17) is 0 Å². The number of pyridine rings is 1. The van der Waals surface area contributed by atoms with Crippen molar-refractivity contribution >= 4 is 45.8 Å². The molecular weight excluding hydrogens is 496 g/mol. The molecule has 0 aliphatic heterocycles. The van der Waals surface area contributed by atoms with E-state index in [0.29, 0.717) is 18.3 Å². The molecule has 2 aromatic rings. The number of amides is 2. The summed E-state index contributed by atoms with van der Waals surface area (Å²) in [6.07, 6.45) is -0.200. The Labute approximate surface area is 196 Å². The molecule has 0 saturated carbocycles. The number of nitrogens with zero attached hydrogens (tertiary/aromatic N) is 3. The number of hydrogen-bond acceptors (Lipinski definition) is 3. The highest BCUT2D eigenvalue weighted by atomic mass is 79.9. The van der Waals surface area contributed by atoms with Gasteiger partial charge in [-0.2, -0.15) is 0 Å². The molecule has 0 spiro atoms. The highest BCUT2D eigenvalue weighted by Gasteiger charge is 2.25. The van der Waals surface area contributed by atoms with Crippen LogP contribution in [0.3, 0.4) is 0 Å². The third-order valence-corrected chi connectivity index (χ3v) is 4.57. The first kappa shape index (κ1) is 27.6. The molecule has 0 fully saturated rings. The van der Waals surface area contributed by atoms with Crippen LogP contribution < -0.4 is 10.2 Å². The van der Waals surface area contributed by atoms with Crippen molar-refractivity contribution in [1.82, 2.24) is 15.2 Å². The minimum Gasteiger partial charge on any atom is -0.330 e. The molecule has 2 rings (SSSR count). The van der Waals surface area contributed by atoms with Gasteiger partial charge < -0.3 is 4.90 Å². The first-order chi connectivity index (χ1) is 12.7. The van der Waals surface area contributed by atoms with Gasteiger partial charge >= 0.3 is 6.03 Å². The van der Waals surface area contributed by atoms with Crippen molar-refractivity contribution < 1.29 is 4.79 Å². The van der Waals surface area contributed by atoms with Crippen LogP contribution in [0.25, 0.3) is 0 Å². The SMILES string of the molecule is Br.Br.Cc1cc(C)nc(N(C(=O)N(C)C)C(C)NCc2ccccc2C(C)C)c1. The van der Waals surface area contributed by atoms with Gasteiger partial charge in [0.2, 0.25) is 0 Å². The lowest BCUT2D eigenvalue weighted by atomic mass is 9.97. The zero-order valence-electron chi connectivity index (χ0n) is 18.4. The second-order valence-electron chi connectivity index (χ2n) is 7.60. The van der Waals surface area contributed by atoms with Gasteiger partial charge in [-0.1, -0.05) is 38.1 Å². The Kier molecular flexibility index (Phi) is 11.7. The summed E-state index contributed by atoms with van der Waals surface area (Å²) in [5, 5.41) is 3.51. The summed E-state index contributed by atoms with van der Waals surface area (Å²) in [5.41, 5.74) is 4.57.